The number of hydrogen-bond acceptors (Lipinski definition) is 6. The largest absolute Gasteiger partial charge is 0.448 e. The molecule has 0 spiro atoms. The number of nitrogens with zero attached hydrogens (tertiary/aromatic N) is 1. The van der Waals surface area contributed by atoms with Crippen molar-refractivity contribution in [3.8, 4) is 0 Å². The minimum atomic E-state index is -0.786. The zero-order valence-electron chi connectivity index (χ0n) is 21.3. The second-order valence-electron chi connectivity index (χ2n) is 9.09. The molecule has 2 aliphatic heterocycles. The van der Waals surface area contributed by atoms with Crippen LogP contribution >= 0.6 is 58.3 Å². The van der Waals surface area contributed by atoms with E-state index in [2.05, 4.69) is 5.32 Å². The summed E-state index contributed by atoms with van der Waals surface area (Å²) in [6.07, 6.45) is 0.903. The number of thioether (sulfide) groups is 2. The number of hydrogen-bond donors (Lipinski definition) is 1. The Morgan fingerprint density at radius 1 is 1.05 bits per heavy atom. The summed E-state index contributed by atoms with van der Waals surface area (Å²) in [7, 11) is 0. The van der Waals surface area contributed by atoms with Crippen LogP contribution in [0.5, 0.6) is 0 Å². The Hall–Kier alpha value is -2.88. The van der Waals surface area contributed by atoms with Crippen LogP contribution in [-0.4, -0.2) is 45.6 Å². The first kappa shape index (κ1) is 29.6. The molecular weight excluding hydrogens is 623 g/mol. The predicted octanol–water partition coefficient (Wildman–Crippen LogP) is 6.82. The van der Waals surface area contributed by atoms with Crippen molar-refractivity contribution in [2.24, 2.45) is 0 Å². The first-order valence-corrected chi connectivity index (χ1v) is 15.7. The van der Waals surface area contributed by atoms with E-state index in [4.69, 9.17) is 39.5 Å². The van der Waals surface area contributed by atoms with Gasteiger partial charge < -0.3 is 10.1 Å². The van der Waals surface area contributed by atoms with Crippen LogP contribution in [0.3, 0.4) is 0 Å². The molecule has 2 atom stereocenters. The van der Waals surface area contributed by atoms with Crippen LogP contribution in [-0.2, 0) is 19.1 Å². The molecule has 11 heteroatoms. The van der Waals surface area contributed by atoms with Gasteiger partial charge >= 0.3 is 5.97 Å². The van der Waals surface area contributed by atoms with Crippen molar-refractivity contribution in [1.82, 2.24) is 10.2 Å². The fraction of sp³-hybridized carbons (Fsp3) is 0.167. The maximum absolute atomic E-state index is 13.7. The van der Waals surface area contributed by atoms with Crippen LogP contribution in [0.2, 0.25) is 10.0 Å². The number of rotatable bonds is 9. The van der Waals surface area contributed by atoms with Gasteiger partial charge in [-0.25, -0.2) is 4.79 Å². The van der Waals surface area contributed by atoms with Crippen LogP contribution in [0.15, 0.2) is 107 Å². The van der Waals surface area contributed by atoms with Gasteiger partial charge in [-0.05, 0) is 41.0 Å². The average molecular weight is 646 g/mol. The number of carbonyl (C=O) groups excluding carboxylic acids is 3. The molecule has 3 aromatic rings. The van der Waals surface area contributed by atoms with Gasteiger partial charge in [0.1, 0.15) is 17.1 Å². The molecule has 5 rings (SSSR count). The van der Waals surface area contributed by atoms with Gasteiger partial charge in [0.2, 0.25) is 5.91 Å². The smallest absolute Gasteiger partial charge is 0.356 e. The third-order valence-electron chi connectivity index (χ3n) is 6.45. The quantitative estimate of drug-likeness (QED) is 0.156. The lowest BCUT2D eigenvalue weighted by molar-refractivity contribution is -0.154. The molecule has 0 unspecified atom stereocenters. The minimum absolute atomic E-state index is 0.0437. The summed E-state index contributed by atoms with van der Waals surface area (Å²) in [4.78, 5) is 41.9. The van der Waals surface area contributed by atoms with E-state index in [-0.39, 0.29) is 17.4 Å². The lowest BCUT2D eigenvalue weighted by atomic mass is 10.0. The zero-order valence-corrected chi connectivity index (χ0v) is 25.2. The SMILES string of the molecule is O=C(CSc1cc(Cl)ccc1Cl)N[C@@H]1C(=O)N2C(C(=O)OC(c3ccccc3)c3ccccc3)=C(/C=C/Cl)CS[C@H]12. The Bertz CT molecular complexity index is 1480. The topological polar surface area (TPSA) is 75.7 Å². The normalized spacial score (nSPS) is 18.3. The number of halogens is 3. The van der Waals surface area contributed by atoms with E-state index in [0.29, 0.717) is 26.3 Å². The molecule has 2 heterocycles. The van der Waals surface area contributed by atoms with Crippen LogP contribution in [0.1, 0.15) is 17.2 Å². The Labute approximate surface area is 261 Å². The van der Waals surface area contributed by atoms with Gasteiger partial charge in [-0.1, -0.05) is 95.5 Å². The molecule has 2 aliphatic rings. The monoisotopic (exact) mass is 644 g/mol. The van der Waals surface area contributed by atoms with E-state index < -0.39 is 29.4 Å². The van der Waals surface area contributed by atoms with Crippen LogP contribution in [0, 0.1) is 0 Å². The van der Waals surface area contributed by atoms with Crippen molar-refractivity contribution in [1.29, 1.82) is 0 Å². The Balaban J connectivity index is 1.32. The van der Waals surface area contributed by atoms with Crippen molar-refractivity contribution < 1.29 is 19.1 Å². The van der Waals surface area contributed by atoms with Gasteiger partial charge in [0.05, 0.1) is 10.8 Å². The van der Waals surface area contributed by atoms with E-state index in [0.717, 1.165) is 11.1 Å². The molecule has 0 aliphatic carbocycles. The molecular formula is C30H23Cl3N2O4S2. The fourth-order valence-electron chi connectivity index (χ4n) is 4.53. The maximum Gasteiger partial charge on any atom is 0.356 e. The Morgan fingerprint density at radius 2 is 1.71 bits per heavy atom. The zero-order chi connectivity index (χ0) is 28.9. The van der Waals surface area contributed by atoms with Crippen molar-refractivity contribution in [2.45, 2.75) is 22.4 Å². The van der Waals surface area contributed by atoms with Crippen LogP contribution < -0.4 is 5.32 Å². The lowest BCUT2D eigenvalue weighted by Gasteiger charge is -2.49. The van der Waals surface area contributed by atoms with E-state index in [1.165, 1.54) is 34.0 Å². The van der Waals surface area contributed by atoms with Crippen molar-refractivity contribution in [3.05, 3.63) is 123 Å². The van der Waals surface area contributed by atoms with E-state index in [1.807, 2.05) is 60.7 Å². The molecule has 6 nitrogen and oxygen atoms in total. The van der Waals surface area contributed by atoms with Crippen LogP contribution in [0.4, 0.5) is 0 Å². The lowest BCUT2D eigenvalue weighted by Crippen LogP contribution is -2.70. The average Bonchev–Trinajstić information content (AvgIpc) is 2.99. The van der Waals surface area contributed by atoms with Crippen molar-refractivity contribution in [2.75, 3.05) is 11.5 Å². The molecule has 1 fully saturated rings. The van der Waals surface area contributed by atoms with Gasteiger partial charge in [-0.3, -0.25) is 14.5 Å². The van der Waals surface area contributed by atoms with Gasteiger partial charge in [0, 0.05) is 21.2 Å². The molecule has 3 aromatic carbocycles. The van der Waals surface area contributed by atoms with E-state index >= 15 is 0 Å². The number of esters is 1. The maximum atomic E-state index is 13.7. The minimum Gasteiger partial charge on any atom is -0.448 e. The number of allylic oxidation sites excluding steroid dienone is 1. The van der Waals surface area contributed by atoms with Gasteiger partial charge in [-0.15, -0.1) is 23.5 Å². The van der Waals surface area contributed by atoms with Crippen molar-refractivity contribution >= 4 is 76.1 Å². The van der Waals surface area contributed by atoms with E-state index in [1.54, 1.807) is 24.3 Å². The second kappa shape index (κ2) is 13.4. The number of carbonyl (C=O) groups is 3. The molecule has 210 valence electrons. The van der Waals surface area contributed by atoms with Gasteiger partial charge in [0.25, 0.3) is 5.91 Å². The highest BCUT2D eigenvalue weighted by atomic mass is 35.5. The molecule has 0 saturated carbocycles. The standard InChI is InChI=1S/C30H23Cl3N2O4S2/c31-14-13-20-16-41-29-25(34-24(36)17-40-23-15-21(32)11-12-22(23)33)28(37)35(29)26(20)30(38)39-27(18-7-3-1-4-8-18)19-9-5-2-6-10-19/h1-15,25,27,29H,16-17H2,(H,34,36)/b14-13+/t25-,29-/m1/s1. The van der Waals surface area contributed by atoms with Gasteiger partial charge in [-0.2, -0.15) is 0 Å². The predicted molar refractivity (Wildman–Crippen MR) is 165 cm³/mol. The summed E-state index contributed by atoms with van der Waals surface area (Å²) in [5.41, 5.74) is 3.58. The summed E-state index contributed by atoms with van der Waals surface area (Å²) < 4.78 is 6.07. The number of β-lactam (4-membered cyclic amide) rings is 1. The number of ether oxygens (including phenoxy) is 1. The fourth-order valence-corrected chi connectivity index (χ4v) is 7.30. The summed E-state index contributed by atoms with van der Waals surface area (Å²) in [5, 5.41) is 3.33. The summed E-state index contributed by atoms with van der Waals surface area (Å²) in [6, 6.07) is 23.0. The van der Waals surface area contributed by atoms with Crippen LogP contribution in [0.25, 0.3) is 0 Å². The molecule has 2 amide bonds. The summed E-state index contributed by atoms with van der Waals surface area (Å²) in [5.74, 6) is -0.936. The number of fused-ring (bicyclic) bond motifs is 1. The first-order chi connectivity index (χ1) is 19.9. The molecule has 1 N–H and O–H groups in total. The number of nitrogens with one attached hydrogen (secondary N) is 1. The van der Waals surface area contributed by atoms with Gasteiger partial charge in [0.15, 0.2) is 6.10 Å². The highest BCUT2D eigenvalue weighted by Crippen LogP contribution is 2.42. The summed E-state index contributed by atoms with van der Waals surface area (Å²) >= 11 is 20.8. The third-order valence-corrected chi connectivity index (χ3v) is 9.61. The van der Waals surface area contributed by atoms with Crippen molar-refractivity contribution in [3.63, 3.8) is 0 Å². The highest BCUT2D eigenvalue weighted by molar-refractivity contribution is 8.00. The first-order valence-electron chi connectivity index (χ1n) is 12.5. The molecule has 1 saturated heterocycles. The third kappa shape index (κ3) is 6.63. The summed E-state index contributed by atoms with van der Waals surface area (Å²) in [6.45, 7) is 0. The molecule has 0 bridgehead atoms. The second-order valence-corrected chi connectivity index (χ2v) is 12.3. The van der Waals surface area contributed by atoms with E-state index in [9.17, 15) is 14.4 Å². The molecule has 41 heavy (non-hydrogen) atoms. The number of amides is 2. The highest BCUT2D eigenvalue weighted by Gasteiger charge is 2.54. The molecule has 0 radical (unpaired) electrons. The molecule has 0 aromatic heterocycles. The Kier molecular flexibility index (Phi) is 9.68. The Morgan fingerprint density at radius 3 is 2.34 bits per heavy atom. The number of benzene rings is 3.